The van der Waals surface area contributed by atoms with Crippen LogP contribution in [0.1, 0.15) is 19.3 Å². The first-order chi connectivity index (χ1) is 12.1. The van der Waals surface area contributed by atoms with Gasteiger partial charge in [0.05, 0.1) is 23.1 Å². The Morgan fingerprint density at radius 2 is 1.76 bits per heavy atom. The molecule has 25 heavy (non-hydrogen) atoms. The SMILES string of the molecule is O=S(=O)(Nc1ccccc1N1CCCCC1)c1cccc2nsnc12. The first kappa shape index (κ1) is 16.3. The zero-order valence-corrected chi connectivity index (χ0v) is 15.2. The maximum Gasteiger partial charge on any atom is 0.264 e. The molecule has 1 aliphatic heterocycles. The highest BCUT2D eigenvalue weighted by Gasteiger charge is 2.22. The Morgan fingerprint density at radius 1 is 0.960 bits per heavy atom. The van der Waals surface area contributed by atoms with Crippen molar-refractivity contribution in [1.82, 2.24) is 8.75 Å². The molecule has 4 rings (SSSR count). The second kappa shape index (κ2) is 6.61. The normalized spacial score (nSPS) is 15.4. The van der Waals surface area contributed by atoms with Crippen LogP contribution in [0.25, 0.3) is 11.0 Å². The first-order valence-electron chi connectivity index (χ1n) is 8.23. The molecule has 130 valence electrons. The lowest BCUT2D eigenvalue weighted by molar-refractivity contribution is 0.578. The number of fused-ring (bicyclic) bond motifs is 1. The molecular formula is C17H18N4O2S2. The summed E-state index contributed by atoms with van der Waals surface area (Å²) in [7, 11) is -3.74. The topological polar surface area (TPSA) is 75.2 Å². The van der Waals surface area contributed by atoms with E-state index in [1.54, 1.807) is 24.3 Å². The lowest BCUT2D eigenvalue weighted by Gasteiger charge is -2.30. The number of benzene rings is 2. The third-order valence-corrected chi connectivity index (χ3v) is 6.32. The number of para-hydroxylation sites is 2. The molecule has 6 nitrogen and oxygen atoms in total. The Labute approximate surface area is 150 Å². The fraction of sp³-hybridized carbons (Fsp3) is 0.294. The zero-order valence-electron chi connectivity index (χ0n) is 13.6. The van der Waals surface area contributed by atoms with Gasteiger partial charge in [0.15, 0.2) is 0 Å². The van der Waals surface area contributed by atoms with Crippen molar-refractivity contribution < 1.29 is 8.42 Å². The summed E-state index contributed by atoms with van der Waals surface area (Å²) in [5.74, 6) is 0. The van der Waals surface area contributed by atoms with Gasteiger partial charge in [-0.2, -0.15) is 8.75 Å². The molecule has 3 aromatic rings. The average molecular weight is 374 g/mol. The van der Waals surface area contributed by atoms with Crippen LogP contribution in [0.15, 0.2) is 47.4 Å². The monoisotopic (exact) mass is 374 g/mol. The summed E-state index contributed by atoms with van der Waals surface area (Å²) in [5, 5.41) is 0. The predicted molar refractivity (Wildman–Crippen MR) is 101 cm³/mol. The Morgan fingerprint density at radius 3 is 2.60 bits per heavy atom. The van der Waals surface area contributed by atoms with Crippen molar-refractivity contribution in [1.29, 1.82) is 0 Å². The van der Waals surface area contributed by atoms with Crippen molar-refractivity contribution in [2.45, 2.75) is 24.2 Å². The van der Waals surface area contributed by atoms with Crippen LogP contribution in [-0.4, -0.2) is 30.3 Å². The Bertz CT molecular complexity index is 995. The summed E-state index contributed by atoms with van der Waals surface area (Å²) in [4.78, 5) is 2.40. The molecule has 2 heterocycles. The van der Waals surface area contributed by atoms with Crippen LogP contribution in [0.3, 0.4) is 0 Å². The van der Waals surface area contributed by atoms with Gasteiger partial charge in [0.25, 0.3) is 10.0 Å². The highest BCUT2D eigenvalue weighted by Crippen LogP contribution is 2.31. The van der Waals surface area contributed by atoms with Crippen LogP contribution < -0.4 is 9.62 Å². The Hall–Kier alpha value is -2.19. The van der Waals surface area contributed by atoms with Crippen molar-refractivity contribution >= 4 is 44.2 Å². The van der Waals surface area contributed by atoms with Crippen molar-refractivity contribution in [2.24, 2.45) is 0 Å². The third-order valence-electron chi connectivity index (χ3n) is 4.38. The number of aromatic nitrogens is 2. The van der Waals surface area contributed by atoms with Crippen molar-refractivity contribution in [3.63, 3.8) is 0 Å². The molecule has 1 N–H and O–H groups in total. The molecule has 0 amide bonds. The molecule has 0 radical (unpaired) electrons. The Balaban J connectivity index is 1.71. The summed E-state index contributed by atoms with van der Waals surface area (Å²) in [6, 6.07) is 12.6. The maximum atomic E-state index is 13.0. The van der Waals surface area contributed by atoms with Gasteiger partial charge in [-0.25, -0.2) is 8.42 Å². The predicted octanol–water partition coefficient (Wildman–Crippen LogP) is 3.48. The molecule has 2 aromatic carbocycles. The van der Waals surface area contributed by atoms with E-state index in [9.17, 15) is 8.42 Å². The van der Waals surface area contributed by atoms with Gasteiger partial charge in [0.2, 0.25) is 0 Å². The number of piperidine rings is 1. The summed E-state index contributed by atoms with van der Waals surface area (Å²) in [6.45, 7) is 1.90. The molecule has 1 aromatic heterocycles. The van der Waals surface area contributed by atoms with Crippen molar-refractivity contribution in [2.75, 3.05) is 22.7 Å². The number of rotatable bonds is 4. The fourth-order valence-electron chi connectivity index (χ4n) is 3.17. The zero-order chi connectivity index (χ0) is 17.3. The highest BCUT2D eigenvalue weighted by atomic mass is 32.2. The van der Waals surface area contributed by atoms with E-state index in [1.807, 2.05) is 18.2 Å². The second-order valence-corrected chi connectivity index (χ2v) is 8.24. The van der Waals surface area contributed by atoms with Crippen LogP contribution in [0, 0.1) is 0 Å². The molecule has 0 spiro atoms. The molecule has 0 saturated carbocycles. The van der Waals surface area contributed by atoms with E-state index in [2.05, 4.69) is 18.4 Å². The molecule has 0 atom stereocenters. The minimum Gasteiger partial charge on any atom is -0.370 e. The number of nitrogens with zero attached hydrogens (tertiary/aromatic N) is 3. The number of anilines is 2. The fourth-order valence-corrected chi connectivity index (χ4v) is 5.01. The smallest absolute Gasteiger partial charge is 0.264 e. The van der Waals surface area contributed by atoms with E-state index in [4.69, 9.17) is 0 Å². The van der Waals surface area contributed by atoms with Crippen LogP contribution in [0.2, 0.25) is 0 Å². The average Bonchev–Trinajstić information content (AvgIpc) is 3.11. The quantitative estimate of drug-likeness (QED) is 0.757. The van der Waals surface area contributed by atoms with Gasteiger partial charge in [-0.3, -0.25) is 4.72 Å². The van der Waals surface area contributed by atoms with E-state index in [1.165, 1.54) is 6.42 Å². The number of hydrogen-bond donors (Lipinski definition) is 1. The lowest BCUT2D eigenvalue weighted by atomic mass is 10.1. The summed E-state index contributed by atoms with van der Waals surface area (Å²) in [5.41, 5.74) is 2.53. The summed E-state index contributed by atoms with van der Waals surface area (Å²) >= 11 is 1.01. The third kappa shape index (κ3) is 3.19. The molecule has 1 fully saturated rings. The molecule has 8 heteroatoms. The van der Waals surface area contributed by atoms with E-state index in [0.29, 0.717) is 16.7 Å². The van der Waals surface area contributed by atoms with E-state index in [-0.39, 0.29) is 4.90 Å². The first-order valence-corrected chi connectivity index (χ1v) is 10.4. The van der Waals surface area contributed by atoms with Crippen LogP contribution in [-0.2, 0) is 10.0 Å². The van der Waals surface area contributed by atoms with Crippen LogP contribution in [0.5, 0.6) is 0 Å². The number of sulfonamides is 1. The van der Waals surface area contributed by atoms with Gasteiger partial charge >= 0.3 is 0 Å². The van der Waals surface area contributed by atoms with Gasteiger partial charge in [-0.05, 0) is 43.5 Å². The molecule has 1 saturated heterocycles. The van der Waals surface area contributed by atoms with Gasteiger partial charge in [0, 0.05) is 13.1 Å². The van der Waals surface area contributed by atoms with Gasteiger partial charge in [0.1, 0.15) is 15.9 Å². The molecule has 1 aliphatic rings. The minimum absolute atomic E-state index is 0.159. The molecule has 0 unspecified atom stereocenters. The van der Waals surface area contributed by atoms with Gasteiger partial charge < -0.3 is 4.90 Å². The number of nitrogens with one attached hydrogen (secondary N) is 1. The van der Waals surface area contributed by atoms with Crippen molar-refractivity contribution in [3.8, 4) is 0 Å². The lowest BCUT2D eigenvalue weighted by Crippen LogP contribution is -2.30. The second-order valence-electron chi connectivity index (χ2n) is 6.06. The Kier molecular flexibility index (Phi) is 4.30. The largest absolute Gasteiger partial charge is 0.370 e. The van der Waals surface area contributed by atoms with E-state index in [0.717, 1.165) is 43.3 Å². The summed E-state index contributed by atoms with van der Waals surface area (Å²) in [6.07, 6.45) is 3.49. The molecule has 0 bridgehead atoms. The molecule has 0 aliphatic carbocycles. The number of hydrogen-bond acceptors (Lipinski definition) is 6. The van der Waals surface area contributed by atoms with E-state index < -0.39 is 10.0 Å². The van der Waals surface area contributed by atoms with Crippen molar-refractivity contribution in [3.05, 3.63) is 42.5 Å². The maximum absolute atomic E-state index is 13.0. The molecular weight excluding hydrogens is 356 g/mol. The standard InChI is InChI=1S/C17H18N4O2S2/c22-25(23,16-10-6-8-14-17(16)19-24-18-14)20-13-7-2-3-9-15(13)21-11-4-1-5-12-21/h2-3,6-10,20H,1,4-5,11-12H2. The van der Waals surface area contributed by atoms with E-state index >= 15 is 0 Å². The minimum atomic E-state index is -3.74. The van der Waals surface area contributed by atoms with Crippen LogP contribution in [0.4, 0.5) is 11.4 Å². The summed E-state index contributed by atoms with van der Waals surface area (Å²) < 4.78 is 36.9. The van der Waals surface area contributed by atoms with Crippen LogP contribution >= 0.6 is 11.7 Å². The highest BCUT2D eigenvalue weighted by molar-refractivity contribution is 7.93. The van der Waals surface area contributed by atoms with Gasteiger partial charge in [-0.1, -0.05) is 18.2 Å². The van der Waals surface area contributed by atoms with Gasteiger partial charge in [-0.15, -0.1) is 0 Å².